The summed E-state index contributed by atoms with van der Waals surface area (Å²) in [5, 5.41) is 8.52. The number of nitrogen functional groups attached to an aromatic ring is 1. The predicted octanol–water partition coefficient (Wildman–Crippen LogP) is 4.59. The van der Waals surface area contributed by atoms with Crippen molar-refractivity contribution in [3.63, 3.8) is 0 Å². The van der Waals surface area contributed by atoms with Gasteiger partial charge in [-0.3, -0.25) is 5.41 Å². The Balaban J connectivity index is 0.00000140. The summed E-state index contributed by atoms with van der Waals surface area (Å²) in [6.07, 6.45) is 7.34. The Kier molecular flexibility index (Phi) is 7.26. The first-order chi connectivity index (χ1) is 12.7. The maximum atomic E-state index is 7.53. The summed E-state index contributed by atoms with van der Waals surface area (Å²) in [4.78, 5) is 4.07. The van der Waals surface area contributed by atoms with Crippen molar-refractivity contribution in [2.75, 3.05) is 0 Å². The van der Waals surface area contributed by atoms with E-state index in [-0.39, 0.29) is 30.6 Å². The second-order valence-corrected chi connectivity index (χ2v) is 6.43. The highest BCUT2D eigenvalue weighted by Gasteiger charge is 2.06. The third kappa shape index (κ3) is 4.94. The normalized spacial score (nSPS) is 10.3. The number of hydrogen-bond donors (Lipinski definition) is 2. The lowest BCUT2D eigenvalue weighted by atomic mass is 10.1. The van der Waals surface area contributed by atoms with Crippen LogP contribution in [-0.2, 0) is 19.4 Å². The van der Waals surface area contributed by atoms with Crippen LogP contribution < -0.4 is 5.73 Å². The quantitative estimate of drug-likeness (QED) is 0.356. The van der Waals surface area contributed by atoms with Crippen molar-refractivity contribution in [2.24, 2.45) is 5.73 Å². The van der Waals surface area contributed by atoms with Crippen LogP contribution in [0.4, 0.5) is 0 Å². The maximum Gasteiger partial charge on any atom is 0.134 e. The van der Waals surface area contributed by atoms with Gasteiger partial charge in [0.1, 0.15) is 17.2 Å². The van der Waals surface area contributed by atoms with Crippen LogP contribution in [0.1, 0.15) is 22.5 Å². The largest absolute Gasteiger partial charge is 0.461 e. The van der Waals surface area contributed by atoms with Gasteiger partial charge in [-0.1, -0.05) is 24.3 Å². The lowest BCUT2D eigenvalue weighted by Crippen LogP contribution is -2.10. The van der Waals surface area contributed by atoms with Crippen molar-refractivity contribution < 1.29 is 4.42 Å². The highest BCUT2D eigenvalue weighted by Crippen LogP contribution is 2.22. The van der Waals surface area contributed by atoms with E-state index in [1.165, 1.54) is 11.1 Å². The van der Waals surface area contributed by atoms with E-state index in [9.17, 15) is 0 Å². The second-order valence-electron chi connectivity index (χ2n) is 6.43. The monoisotopic (exact) mass is 416 g/mol. The standard InChI is InChI=1S/C21H20N4O.2ClH/c22-21(23)17-6-8-20-18(11-17)12-19(26-20)7-5-15-1-3-16(4-2-15)13-25-10-9-24-14-25;;/h1-4,6,8-12,14H,5,7,13H2,(H3,22,23);2*1H. The SMILES string of the molecule is Cl.Cl.N=C(N)c1ccc2oc(CCc3ccc(Cn4ccnc4)cc3)cc2c1. The van der Waals surface area contributed by atoms with Gasteiger partial charge >= 0.3 is 0 Å². The van der Waals surface area contributed by atoms with E-state index in [1.807, 2.05) is 36.8 Å². The smallest absolute Gasteiger partial charge is 0.134 e. The first-order valence-corrected chi connectivity index (χ1v) is 8.58. The minimum absolute atomic E-state index is 0. The molecule has 2 heterocycles. The summed E-state index contributed by atoms with van der Waals surface area (Å²) >= 11 is 0. The molecule has 3 N–H and O–H groups in total. The summed E-state index contributed by atoms with van der Waals surface area (Å²) in [7, 11) is 0. The molecule has 0 bridgehead atoms. The predicted molar refractivity (Wildman–Crippen MR) is 117 cm³/mol. The van der Waals surface area contributed by atoms with E-state index < -0.39 is 0 Å². The fraction of sp³-hybridized carbons (Fsp3) is 0.143. The Morgan fingerprint density at radius 3 is 2.43 bits per heavy atom. The Morgan fingerprint density at radius 2 is 1.75 bits per heavy atom. The number of hydrogen-bond acceptors (Lipinski definition) is 3. The van der Waals surface area contributed by atoms with Gasteiger partial charge in [0.05, 0.1) is 6.33 Å². The van der Waals surface area contributed by atoms with E-state index in [1.54, 1.807) is 6.20 Å². The summed E-state index contributed by atoms with van der Waals surface area (Å²) in [5.41, 5.74) is 9.64. The molecule has 0 amide bonds. The number of amidine groups is 1. The zero-order valence-corrected chi connectivity index (χ0v) is 16.8. The molecule has 0 spiro atoms. The number of benzene rings is 2. The molecule has 0 aliphatic rings. The van der Waals surface area contributed by atoms with Crippen molar-refractivity contribution >= 4 is 41.6 Å². The first-order valence-electron chi connectivity index (χ1n) is 8.58. The summed E-state index contributed by atoms with van der Waals surface area (Å²) < 4.78 is 7.95. The van der Waals surface area contributed by atoms with Crippen LogP contribution in [-0.4, -0.2) is 15.4 Å². The van der Waals surface area contributed by atoms with Crippen molar-refractivity contribution in [2.45, 2.75) is 19.4 Å². The fourth-order valence-corrected chi connectivity index (χ4v) is 3.06. The lowest BCUT2D eigenvalue weighted by Gasteiger charge is -2.04. The number of imidazole rings is 1. The molecule has 0 saturated carbocycles. The minimum atomic E-state index is 0. The molecule has 0 aliphatic heterocycles. The van der Waals surface area contributed by atoms with Crippen molar-refractivity contribution in [1.82, 2.24) is 9.55 Å². The van der Waals surface area contributed by atoms with Crippen LogP contribution in [0.15, 0.2) is 71.7 Å². The Labute approximate surface area is 175 Å². The molecule has 2 aromatic carbocycles. The second kappa shape index (κ2) is 9.44. The van der Waals surface area contributed by atoms with Crippen molar-refractivity contribution in [1.29, 1.82) is 5.41 Å². The van der Waals surface area contributed by atoms with Gasteiger partial charge in [-0.15, -0.1) is 24.8 Å². The number of fused-ring (bicyclic) bond motifs is 1. The van der Waals surface area contributed by atoms with E-state index in [0.717, 1.165) is 41.7 Å². The van der Waals surface area contributed by atoms with Crippen LogP contribution >= 0.6 is 24.8 Å². The van der Waals surface area contributed by atoms with Gasteiger partial charge in [-0.05, 0) is 41.8 Å². The fourth-order valence-electron chi connectivity index (χ4n) is 3.06. The van der Waals surface area contributed by atoms with Gasteiger partial charge in [-0.25, -0.2) is 4.98 Å². The van der Waals surface area contributed by atoms with E-state index in [4.69, 9.17) is 15.6 Å². The van der Waals surface area contributed by atoms with Gasteiger partial charge in [0.2, 0.25) is 0 Å². The maximum absolute atomic E-state index is 7.53. The summed E-state index contributed by atoms with van der Waals surface area (Å²) in [5.74, 6) is 1.02. The molecule has 0 fully saturated rings. The Bertz CT molecular complexity index is 1040. The molecule has 4 aromatic rings. The highest BCUT2D eigenvalue weighted by molar-refractivity contribution is 5.98. The molecular formula is C21H22Cl2N4O. The molecule has 146 valence electrons. The average Bonchev–Trinajstić information content (AvgIpc) is 3.29. The highest BCUT2D eigenvalue weighted by atomic mass is 35.5. The number of nitrogens with two attached hydrogens (primary N) is 1. The molecule has 28 heavy (non-hydrogen) atoms. The molecule has 7 heteroatoms. The molecule has 4 rings (SSSR count). The molecule has 0 unspecified atom stereocenters. The number of halogens is 2. The molecule has 0 saturated heterocycles. The third-order valence-electron chi connectivity index (χ3n) is 4.49. The van der Waals surface area contributed by atoms with Gasteiger partial charge in [0, 0.05) is 36.3 Å². The van der Waals surface area contributed by atoms with Gasteiger partial charge < -0.3 is 14.7 Å². The lowest BCUT2D eigenvalue weighted by molar-refractivity contribution is 0.547. The molecule has 2 aromatic heterocycles. The topological polar surface area (TPSA) is 80.8 Å². The molecule has 0 aliphatic carbocycles. The number of aryl methyl sites for hydroxylation is 2. The van der Waals surface area contributed by atoms with E-state index in [2.05, 4.69) is 33.8 Å². The Hall–Kier alpha value is -2.76. The number of aromatic nitrogens is 2. The Morgan fingerprint density at radius 1 is 1.00 bits per heavy atom. The van der Waals surface area contributed by atoms with Gasteiger partial charge in [0.25, 0.3) is 0 Å². The van der Waals surface area contributed by atoms with Crippen LogP contribution in [0.5, 0.6) is 0 Å². The third-order valence-corrected chi connectivity index (χ3v) is 4.49. The van der Waals surface area contributed by atoms with E-state index >= 15 is 0 Å². The van der Waals surface area contributed by atoms with Gasteiger partial charge in [0.15, 0.2) is 0 Å². The molecule has 5 nitrogen and oxygen atoms in total. The zero-order valence-electron chi connectivity index (χ0n) is 15.2. The van der Waals surface area contributed by atoms with Crippen LogP contribution in [0.3, 0.4) is 0 Å². The number of furan rings is 1. The minimum Gasteiger partial charge on any atom is -0.461 e. The number of nitrogens with zero attached hydrogens (tertiary/aromatic N) is 2. The van der Waals surface area contributed by atoms with Crippen LogP contribution in [0, 0.1) is 5.41 Å². The zero-order chi connectivity index (χ0) is 17.9. The van der Waals surface area contributed by atoms with E-state index in [0.29, 0.717) is 0 Å². The van der Waals surface area contributed by atoms with Crippen molar-refractivity contribution in [3.8, 4) is 0 Å². The summed E-state index contributed by atoms with van der Waals surface area (Å²) in [6, 6.07) is 16.3. The van der Waals surface area contributed by atoms with Crippen LogP contribution in [0.2, 0.25) is 0 Å². The summed E-state index contributed by atoms with van der Waals surface area (Å²) in [6.45, 7) is 0.836. The number of nitrogens with one attached hydrogen (secondary N) is 1. The van der Waals surface area contributed by atoms with Crippen molar-refractivity contribution in [3.05, 3.63) is 89.7 Å². The molecule has 0 atom stereocenters. The van der Waals surface area contributed by atoms with Gasteiger partial charge in [-0.2, -0.15) is 0 Å². The average molecular weight is 417 g/mol. The molecule has 0 radical (unpaired) electrons. The number of rotatable bonds is 6. The van der Waals surface area contributed by atoms with Crippen LogP contribution in [0.25, 0.3) is 11.0 Å². The molecular weight excluding hydrogens is 395 g/mol. The first kappa shape index (κ1) is 21.5.